The minimum Gasteiger partial charge on any atom is -0.495 e. The monoisotopic (exact) mass is 465 g/mol. The van der Waals surface area contributed by atoms with E-state index in [1.807, 2.05) is 6.92 Å². The first kappa shape index (κ1) is 24.3. The molecule has 10 heteroatoms. The van der Waals surface area contributed by atoms with E-state index < -0.39 is 11.2 Å². The molecule has 0 saturated carbocycles. The van der Waals surface area contributed by atoms with Crippen LogP contribution in [0.4, 0.5) is 11.5 Å². The highest BCUT2D eigenvalue weighted by atomic mass is 32.2. The van der Waals surface area contributed by atoms with Gasteiger partial charge in [0, 0.05) is 25.8 Å². The molecule has 3 rings (SSSR count). The SMILES string of the molecule is [C-]#[N+]c1c(N2CCCN(C)CC2)nc(SC(C(N)=O)c2ncccc2OC)c(C#N)c1CC. The Kier molecular flexibility index (Phi) is 8.10. The molecule has 1 aliphatic rings. The van der Waals surface area contributed by atoms with E-state index >= 15 is 0 Å². The van der Waals surface area contributed by atoms with Gasteiger partial charge in [-0.3, -0.25) is 9.78 Å². The highest BCUT2D eigenvalue weighted by Gasteiger charge is 2.30. The Hall–Kier alpha value is -3.34. The van der Waals surface area contributed by atoms with Crippen molar-refractivity contribution in [1.82, 2.24) is 14.9 Å². The molecule has 1 amide bonds. The number of hydrogen-bond acceptors (Lipinski definition) is 8. The Balaban J connectivity index is 2.15. The van der Waals surface area contributed by atoms with Crippen LogP contribution in [0.25, 0.3) is 4.85 Å². The second-order valence-electron chi connectivity index (χ2n) is 7.65. The summed E-state index contributed by atoms with van der Waals surface area (Å²) in [5, 5.41) is 9.43. The van der Waals surface area contributed by atoms with Gasteiger partial charge < -0.3 is 20.3 Å². The maximum Gasteiger partial charge on any atom is 0.237 e. The number of hydrogen-bond donors (Lipinski definition) is 1. The molecule has 0 aromatic carbocycles. The van der Waals surface area contributed by atoms with Crippen LogP contribution in [-0.2, 0) is 11.2 Å². The molecule has 0 radical (unpaired) electrons. The first-order chi connectivity index (χ1) is 15.9. The number of pyridine rings is 2. The lowest BCUT2D eigenvalue weighted by Crippen LogP contribution is -2.30. The van der Waals surface area contributed by atoms with E-state index in [1.54, 1.807) is 18.3 Å². The minimum atomic E-state index is -0.910. The van der Waals surface area contributed by atoms with Gasteiger partial charge in [-0.25, -0.2) is 9.83 Å². The van der Waals surface area contributed by atoms with Gasteiger partial charge in [0.2, 0.25) is 11.6 Å². The van der Waals surface area contributed by atoms with Gasteiger partial charge in [-0.1, -0.05) is 18.7 Å². The number of amides is 1. The molecule has 2 N–H and O–H groups in total. The topological polar surface area (TPSA) is 113 Å². The van der Waals surface area contributed by atoms with Gasteiger partial charge in [-0.15, -0.1) is 0 Å². The highest BCUT2D eigenvalue weighted by molar-refractivity contribution is 8.00. The van der Waals surface area contributed by atoms with Crippen LogP contribution >= 0.6 is 11.8 Å². The fourth-order valence-corrected chi connectivity index (χ4v) is 4.92. The molecule has 1 fully saturated rings. The molecule has 0 spiro atoms. The number of methoxy groups -OCH3 is 1. The summed E-state index contributed by atoms with van der Waals surface area (Å²) in [5.74, 6) is 0.361. The van der Waals surface area contributed by atoms with Crippen LogP contribution in [0.15, 0.2) is 23.4 Å². The third-order valence-electron chi connectivity index (χ3n) is 5.57. The maximum absolute atomic E-state index is 12.4. The standard InChI is InChI=1S/C23H27N7O2S/c1-5-15-16(14-24)23(33-20(21(25)31)19-17(32-4)8-6-9-27-19)28-22(18(15)26-2)30-11-7-10-29(3)12-13-30/h6,8-9,20H,5,7,10-13H2,1,3-4H3,(H2,25,31). The van der Waals surface area contributed by atoms with E-state index in [0.29, 0.717) is 45.5 Å². The third-order valence-corrected chi connectivity index (χ3v) is 6.78. The van der Waals surface area contributed by atoms with Crippen LogP contribution in [0, 0.1) is 17.9 Å². The summed E-state index contributed by atoms with van der Waals surface area (Å²) in [6.45, 7) is 13.0. The van der Waals surface area contributed by atoms with Crippen molar-refractivity contribution in [2.24, 2.45) is 5.73 Å². The number of nitrogens with two attached hydrogens (primary N) is 1. The van der Waals surface area contributed by atoms with Gasteiger partial charge in [0.15, 0.2) is 0 Å². The molecule has 0 bridgehead atoms. The summed E-state index contributed by atoms with van der Waals surface area (Å²) in [6, 6.07) is 5.62. The Morgan fingerprint density at radius 1 is 1.42 bits per heavy atom. The van der Waals surface area contributed by atoms with Crippen LogP contribution in [0.2, 0.25) is 0 Å². The van der Waals surface area contributed by atoms with Gasteiger partial charge in [-0.2, -0.15) is 5.26 Å². The molecule has 1 aliphatic heterocycles. The van der Waals surface area contributed by atoms with Crippen molar-refractivity contribution >= 4 is 29.2 Å². The number of nitriles is 1. The molecular weight excluding hydrogens is 438 g/mol. The Morgan fingerprint density at radius 3 is 2.85 bits per heavy atom. The van der Waals surface area contributed by atoms with Crippen LogP contribution in [-0.4, -0.2) is 61.1 Å². The van der Waals surface area contributed by atoms with E-state index in [4.69, 9.17) is 22.0 Å². The van der Waals surface area contributed by atoms with E-state index in [-0.39, 0.29) is 0 Å². The van der Waals surface area contributed by atoms with Gasteiger partial charge in [0.1, 0.15) is 33.6 Å². The number of thioether (sulfide) groups is 1. The number of rotatable bonds is 7. The molecule has 2 aromatic rings. The Morgan fingerprint density at radius 2 is 2.21 bits per heavy atom. The molecule has 1 atom stereocenters. The predicted molar refractivity (Wildman–Crippen MR) is 128 cm³/mol. The second-order valence-corrected chi connectivity index (χ2v) is 8.75. The van der Waals surface area contributed by atoms with Gasteiger partial charge in [0.05, 0.1) is 19.2 Å². The first-order valence-corrected chi connectivity index (χ1v) is 11.6. The number of nitrogens with zero attached hydrogens (tertiary/aromatic N) is 6. The number of aromatic nitrogens is 2. The molecule has 0 aliphatic carbocycles. The van der Waals surface area contributed by atoms with E-state index in [0.717, 1.165) is 44.4 Å². The number of carbonyl (C=O) groups is 1. The van der Waals surface area contributed by atoms with E-state index in [9.17, 15) is 10.1 Å². The minimum absolute atomic E-state index is 0.297. The van der Waals surface area contributed by atoms with Crippen LogP contribution < -0.4 is 15.4 Å². The van der Waals surface area contributed by atoms with Crippen molar-refractivity contribution in [3.05, 3.63) is 46.6 Å². The van der Waals surface area contributed by atoms with Crippen LogP contribution in [0.1, 0.15) is 35.4 Å². The lowest BCUT2D eigenvalue weighted by Gasteiger charge is -2.26. The molecule has 2 aromatic heterocycles. The van der Waals surface area contributed by atoms with Gasteiger partial charge >= 0.3 is 0 Å². The largest absolute Gasteiger partial charge is 0.495 e. The fraction of sp³-hybridized carbons (Fsp3) is 0.435. The first-order valence-electron chi connectivity index (χ1n) is 10.7. The van der Waals surface area contributed by atoms with Gasteiger partial charge in [0.25, 0.3) is 0 Å². The summed E-state index contributed by atoms with van der Waals surface area (Å²) >= 11 is 1.07. The molecule has 172 valence electrons. The van der Waals surface area contributed by atoms with Crippen molar-refractivity contribution in [3.63, 3.8) is 0 Å². The summed E-state index contributed by atoms with van der Waals surface area (Å²) < 4.78 is 5.37. The number of ether oxygens (including phenoxy) is 1. The smallest absolute Gasteiger partial charge is 0.237 e. The summed E-state index contributed by atoms with van der Waals surface area (Å²) in [5.41, 5.74) is 7.44. The molecule has 33 heavy (non-hydrogen) atoms. The van der Waals surface area contributed by atoms with E-state index in [1.165, 1.54) is 7.11 Å². The lowest BCUT2D eigenvalue weighted by atomic mass is 10.1. The van der Waals surface area contributed by atoms with Crippen molar-refractivity contribution in [3.8, 4) is 11.8 Å². The molecular formula is C23H27N7O2S. The molecule has 1 saturated heterocycles. The van der Waals surface area contributed by atoms with Crippen LogP contribution in [0.3, 0.4) is 0 Å². The number of carbonyl (C=O) groups excluding carboxylic acids is 1. The summed E-state index contributed by atoms with van der Waals surface area (Å²) in [4.78, 5) is 29.6. The number of likely N-dealkylation sites (N-methyl/N-ethyl adjacent to an activating group) is 1. The maximum atomic E-state index is 12.4. The lowest BCUT2D eigenvalue weighted by molar-refractivity contribution is -0.117. The molecule has 9 nitrogen and oxygen atoms in total. The van der Waals surface area contributed by atoms with Crippen molar-refractivity contribution in [2.45, 2.75) is 30.0 Å². The summed E-state index contributed by atoms with van der Waals surface area (Å²) in [7, 11) is 3.57. The summed E-state index contributed by atoms with van der Waals surface area (Å²) in [6.07, 6.45) is 2.99. The van der Waals surface area contributed by atoms with Crippen LogP contribution in [0.5, 0.6) is 5.75 Å². The van der Waals surface area contributed by atoms with E-state index in [2.05, 4.69) is 32.7 Å². The fourth-order valence-electron chi connectivity index (χ4n) is 3.86. The highest BCUT2D eigenvalue weighted by Crippen LogP contribution is 2.43. The predicted octanol–water partition coefficient (Wildman–Crippen LogP) is 2.93. The van der Waals surface area contributed by atoms with Crippen molar-refractivity contribution in [2.75, 3.05) is 45.2 Å². The zero-order valence-electron chi connectivity index (χ0n) is 19.0. The Bertz CT molecular complexity index is 1110. The molecule has 1 unspecified atom stereocenters. The quantitative estimate of drug-likeness (QED) is 0.491. The van der Waals surface area contributed by atoms with Crippen molar-refractivity contribution < 1.29 is 9.53 Å². The zero-order valence-corrected chi connectivity index (χ0v) is 19.9. The normalized spacial score (nSPS) is 15.2. The van der Waals surface area contributed by atoms with Gasteiger partial charge in [-0.05, 0) is 44.1 Å². The molecule has 3 heterocycles. The average molecular weight is 466 g/mol. The number of anilines is 1. The van der Waals surface area contributed by atoms with Crippen molar-refractivity contribution in [1.29, 1.82) is 5.26 Å². The zero-order chi connectivity index (χ0) is 24.0. The second kappa shape index (κ2) is 11.0. The average Bonchev–Trinajstić information content (AvgIpc) is 3.05. The Labute approximate surface area is 198 Å². The number of primary amides is 1. The third kappa shape index (κ3) is 5.19.